The first-order valence-electron chi connectivity index (χ1n) is 6.16. The number of hydrogen-bond donors (Lipinski definition) is 0. The molecule has 0 aliphatic rings. The lowest BCUT2D eigenvalue weighted by Gasteiger charge is -2.14. The van der Waals surface area contributed by atoms with E-state index in [4.69, 9.17) is 4.74 Å². The number of aryl methyl sites for hydroxylation is 2. The molecule has 0 aliphatic carbocycles. The van der Waals surface area contributed by atoms with Crippen molar-refractivity contribution in [3.8, 4) is 5.75 Å². The Morgan fingerprint density at radius 3 is 2.60 bits per heavy atom. The first-order chi connectivity index (χ1) is 9.45. The van der Waals surface area contributed by atoms with Crippen LogP contribution in [0.4, 0.5) is 0 Å². The van der Waals surface area contributed by atoms with E-state index < -0.39 is 0 Å². The number of hydrogen-bond acceptors (Lipinski definition) is 4. The molecule has 0 atom stereocenters. The third-order valence-corrected chi connectivity index (χ3v) is 3.81. The summed E-state index contributed by atoms with van der Waals surface area (Å²) < 4.78 is 7.42. The van der Waals surface area contributed by atoms with Gasteiger partial charge in [0.15, 0.2) is 0 Å². The van der Waals surface area contributed by atoms with E-state index in [1.54, 1.807) is 24.8 Å². The molecule has 106 valence electrons. The van der Waals surface area contributed by atoms with Gasteiger partial charge in [0.1, 0.15) is 16.0 Å². The van der Waals surface area contributed by atoms with Crippen molar-refractivity contribution in [2.75, 3.05) is 7.11 Å². The van der Waals surface area contributed by atoms with Crippen molar-refractivity contribution >= 4 is 15.9 Å². The molecule has 0 N–H and O–H groups in total. The standard InChI is InChI=1S/C14H16BrN3O2/c1-8-5-17-12(9(2)13(8)20-4)7-18-10(3)16-6-11(15)14(18)19/h5-6H,7H2,1-4H3. The van der Waals surface area contributed by atoms with E-state index in [0.29, 0.717) is 16.8 Å². The van der Waals surface area contributed by atoms with E-state index in [1.807, 2.05) is 13.8 Å². The van der Waals surface area contributed by atoms with Crippen molar-refractivity contribution in [2.24, 2.45) is 0 Å². The van der Waals surface area contributed by atoms with Crippen LogP contribution < -0.4 is 10.3 Å². The van der Waals surface area contributed by atoms with Crippen LogP contribution in [-0.4, -0.2) is 21.6 Å². The van der Waals surface area contributed by atoms with Crippen molar-refractivity contribution in [3.05, 3.63) is 49.9 Å². The van der Waals surface area contributed by atoms with E-state index in [1.165, 1.54) is 6.20 Å². The lowest BCUT2D eigenvalue weighted by Crippen LogP contribution is -2.25. The molecule has 5 nitrogen and oxygen atoms in total. The number of methoxy groups -OCH3 is 1. The van der Waals surface area contributed by atoms with Gasteiger partial charge in [-0.1, -0.05) is 0 Å². The molecule has 20 heavy (non-hydrogen) atoms. The quantitative estimate of drug-likeness (QED) is 0.862. The van der Waals surface area contributed by atoms with Crippen LogP contribution in [0, 0.1) is 20.8 Å². The summed E-state index contributed by atoms with van der Waals surface area (Å²) in [4.78, 5) is 20.7. The van der Waals surface area contributed by atoms with Gasteiger partial charge in [-0.05, 0) is 36.7 Å². The summed E-state index contributed by atoms with van der Waals surface area (Å²) in [6, 6.07) is 0. The summed E-state index contributed by atoms with van der Waals surface area (Å²) in [6.07, 6.45) is 3.27. The maximum atomic E-state index is 12.1. The highest BCUT2D eigenvalue weighted by molar-refractivity contribution is 9.10. The van der Waals surface area contributed by atoms with Gasteiger partial charge in [0, 0.05) is 23.5 Å². The third-order valence-electron chi connectivity index (χ3n) is 3.26. The maximum Gasteiger partial charge on any atom is 0.268 e. The number of rotatable bonds is 3. The first kappa shape index (κ1) is 14.7. The van der Waals surface area contributed by atoms with Gasteiger partial charge >= 0.3 is 0 Å². The summed E-state index contributed by atoms with van der Waals surface area (Å²) in [5.41, 5.74) is 2.61. The fourth-order valence-corrected chi connectivity index (χ4v) is 2.43. The third kappa shape index (κ3) is 2.60. The van der Waals surface area contributed by atoms with Gasteiger partial charge < -0.3 is 4.74 Å². The fraction of sp³-hybridized carbons (Fsp3) is 0.357. The minimum Gasteiger partial charge on any atom is -0.496 e. The molecule has 2 aromatic heterocycles. The van der Waals surface area contributed by atoms with Crippen molar-refractivity contribution in [1.29, 1.82) is 0 Å². The van der Waals surface area contributed by atoms with E-state index >= 15 is 0 Å². The predicted octanol–water partition coefficient (Wildman–Crippen LogP) is 2.38. The largest absolute Gasteiger partial charge is 0.496 e. The average Bonchev–Trinajstić information content (AvgIpc) is 2.42. The van der Waals surface area contributed by atoms with Crippen LogP contribution in [0.15, 0.2) is 21.7 Å². The highest BCUT2D eigenvalue weighted by Crippen LogP contribution is 2.24. The van der Waals surface area contributed by atoms with Gasteiger partial charge in [0.2, 0.25) is 0 Å². The normalized spacial score (nSPS) is 10.7. The highest BCUT2D eigenvalue weighted by Gasteiger charge is 2.12. The van der Waals surface area contributed by atoms with E-state index in [2.05, 4.69) is 25.9 Å². The zero-order valence-electron chi connectivity index (χ0n) is 11.9. The molecule has 2 heterocycles. The molecule has 0 amide bonds. The lowest BCUT2D eigenvalue weighted by atomic mass is 10.1. The Kier molecular flexibility index (Phi) is 4.23. The second-order valence-electron chi connectivity index (χ2n) is 4.59. The topological polar surface area (TPSA) is 57.0 Å². The second kappa shape index (κ2) is 5.75. The van der Waals surface area contributed by atoms with Gasteiger partial charge in [0.05, 0.1) is 19.3 Å². The predicted molar refractivity (Wildman–Crippen MR) is 80.3 cm³/mol. The van der Waals surface area contributed by atoms with E-state index in [0.717, 1.165) is 22.6 Å². The van der Waals surface area contributed by atoms with Gasteiger partial charge in [-0.15, -0.1) is 0 Å². The monoisotopic (exact) mass is 337 g/mol. The minimum atomic E-state index is -0.113. The van der Waals surface area contributed by atoms with Crippen LogP contribution in [0.5, 0.6) is 5.75 Å². The Hall–Kier alpha value is -1.69. The average molecular weight is 338 g/mol. The molecule has 0 aromatic carbocycles. The summed E-state index contributed by atoms with van der Waals surface area (Å²) in [5, 5.41) is 0. The first-order valence-corrected chi connectivity index (χ1v) is 6.96. The molecule has 0 radical (unpaired) electrons. The van der Waals surface area contributed by atoms with E-state index in [-0.39, 0.29) is 5.56 Å². The summed E-state index contributed by atoms with van der Waals surface area (Å²) in [5.74, 6) is 1.46. The number of aromatic nitrogens is 3. The maximum absolute atomic E-state index is 12.1. The van der Waals surface area contributed by atoms with Crippen LogP contribution >= 0.6 is 15.9 Å². The van der Waals surface area contributed by atoms with Crippen LogP contribution in [-0.2, 0) is 6.54 Å². The lowest BCUT2D eigenvalue weighted by molar-refractivity contribution is 0.406. The molecule has 0 aliphatic heterocycles. The van der Waals surface area contributed by atoms with Crippen molar-refractivity contribution in [3.63, 3.8) is 0 Å². The minimum absolute atomic E-state index is 0.113. The Labute approximate surface area is 125 Å². The molecular weight excluding hydrogens is 322 g/mol. The SMILES string of the molecule is COc1c(C)cnc(Cn2c(C)ncc(Br)c2=O)c1C. The molecule has 0 saturated heterocycles. The van der Waals surface area contributed by atoms with Gasteiger partial charge in [-0.3, -0.25) is 14.3 Å². The van der Waals surface area contributed by atoms with Crippen LogP contribution in [0.1, 0.15) is 22.6 Å². The smallest absolute Gasteiger partial charge is 0.268 e. The summed E-state index contributed by atoms with van der Waals surface area (Å²) in [6.45, 7) is 6.06. The second-order valence-corrected chi connectivity index (χ2v) is 5.45. The van der Waals surface area contributed by atoms with Crippen molar-refractivity contribution in [2.45, 2.75) is 27.3 Å². The molecule has 6 heteroatoms. The molecule has 0 saturated carbocycles. The number of nitrogens with zero attached hydrogens (tertiary/aromatic N) is 3. The fourth-order valence-electron chi connectivity index (χ4n) is 2.12. The van der Waals surface area contributed by atoms with E-state index in [9.17, 15) is 4.79 Å². The van der Waals surface area contributed by atoms with Crippen LogP contribution in [0.3, 0.4) is 0 Å². The summed E-state index contributed by atoms with van der Waals surface area (Å²) >= 11 is 3.21. The highest BCUT2D eigenvalue weighted by atomic mass is 79.9. The Balaban J connectivity index is 2.51. The Bertz CT molecular complexity index is 710. The molecule has 2 rings (SSSR count). The van der Waals surface area contributed by atoms with Crippen LogP contribution in [0.2, 0.25) is 0 Å². The Morgan fingerprint density at radius 2 is 1.95 bits per heavy atom. The van der Waals surface area contributed by atoms with Gasteiger partial charge in [0.25, 0.3) is 5.56 Å². The van der Waals surface area contributed by atoms with Crippen molar-refractivity contribution in [1.82, 2.24) is 14.5 Å². The van der Waals surface area contributed by atoms with Crippen molar-refractivity contribution < 1.29 is 4.74 Å². The molecule has 0 bridgehead atoms. The Morgan fingerprint density at radius 1 is 1.25 bits per heavy atom. The summed E-state index contributed by atoms with van der Waals surface area (Å²) in [7, 11) is 1.64. The molecule has 0 fully saturated rings. The number of halogens is 1. The van der Waals surface area contributed by atoms with Crippen LogP contribution in [0.25, 0.3) is 0 Å². The molecule has 2 aromatic rings. The number of pyridine rings is 1. The molecule has 0 unspecified atom stereocenters. The zero-order valence-corrected chi connectivity index (χ0v) is 13.5. The molecular formula is C14H16BrN3O2. The number of ether oxygens (including phenoxy) is 1. The molecule has 0 spiro atoms. The zero-order chi connectivity index (χ0) is 14.9. The van der Waals surface area contributed by atoms with Gasteiger partial charge in [-0.25, -0.2) is 4.98 Å². The van der Waals surface area contributed by atoms with Gasteiger partial charge in [-0.2, -0.15) is 0 Å².